The van der Waals surface area contributed by atoms with Crippen LogP contribution in [0.15, 0.2) is 29.4 Å². The van der Waals surface area contributed by atoms with Crippen LogP contribution in [0.1, 0.15) is 48.6 Å². The van der Waals surface area contributed by atoms with Crippen molar-refractivity contribution in [2.45, 2.75) is 43.3 Å². The molecule has 1 heterocycles. The highest BCUT2D eigenvalue weighted by Gasteiger charge is 2.46. The standard InChI is InChI=1S/C16H19NO3/c18-17-13-7-11-9-16(19-5-6-20-16)10-12(8-13)15-4-2-1-3-14(11)15/h1-4,11-12,18H,5-10H2. The predicted molar refractivity (Wildman–Crippen MR) is 74.2 cm³/mol. The molecule has 106 valence electrons. The Morgan fingerprint density at radius 1 is 1.00 bits per heavy atom. The third kappa shape index (κ3) is 1.86. The molecule has 1 aliphatic heterocycles. The molecular formula is C16H19NO3. The first-order chi connectivity index (χ1) is 9.80. The number of hydrogen-bond acceptors (Lipinski definition) is 4. The summed E-state index contributed by atoms with van der Waals surface area (Å²) in [5.41, 5.74) is 3.67. The van der Waals surface area contributed by atoms with Gasteiger partial charge in [-0.1, -0.05) is 29.4 Å². The van der Waals surface area contributed by atoms with E-state index in [1.54, 1.807) is 0 Å². The lowest BCUT2D eigenvalue weighted by Gasteiger charge is -2.33. The van der Waals surface area contributed by atoms with Crippen molar-refractivity contribution in [3.8, 4) is 0 Å². The van der Waals surface area contributed by atoms with Crippen LogP contribution in [-0.2, 0) is 9.47 Å². The minimum Gasteiger partial charge on any atom is -0.411 e. The molecule has 1 saturated heterocycles. The smallest absolute Gasteiger partial charge is 0.169 e. The minimum atomic E-state index is -0.421. The highest BCUT2D eigenvalue weighted by atomic mass is 16.7. The van der Waals surface area contributed by atoms with Crippen molar-refractivity contribution in [3.05, 3.63) is 35.4 Å². The van der Waals surface area contributed by atoms with E-state index >= 15 is 0 Å². The van der Waals surface area contributed by atoms with E-state index in [9.17, 15) is 5.21 Å². The maximum Gasteiger partial charge on any atom is 0.169 e. The van der Waals surface area contributed by atoms with Crippen molar-refractivity contribution in [3.63, 3.8) is 0 Å². The monoisotopic (exact) mass is 273 g/mol. The van der Waals surface area contributed by atoms with Crippen molar-refractivity contribution in [1.82, 2.24) is 0 Å². The fourth-order valence-corrected chi connectivity index (χ4v) is 4.14. The Hall–Kier alpha value is -1.39. The van der Waals surface area contributed by atoms with Crippen molar-refractivity contribution in [2.75, 3.05) is 13.2 Å². The van der Waals surface area contributed by atoms with Crippen LogP contribution in [0.5, 0.6) is 0 Å². The van der Waals surface area contributed by atoms with Crippen LogP contribution < -0.4 is 0 Å². The lowest BCUT2D eigenvalue weighted by atomic mass is 9.85. The molecule has 2 bridgehead atoms. The maximum atomic E-state index is 9.23. The van der Waals surface area contributed by atoms with Gasteiger partial charge in [0.25, 0.3) is 0 Å². The van der Waals surface area contributed by atoms with Crippen LogP contribution in [-0.4, -0.2) is 29.9 Å². The first kappa shape index (κ1) is 12.4. The Bertz CT molecular complexity index is 509. The second-order valence-electron chi connectivity index (χ2n) is 6.11. The number of nitrogens with zero attached hydrogens (tertiary/aromatic N) is 1. The highest BCUT2D eigenvalue weighted by molar-refractivity contribution is 5.86. The summed E-state index contributed by atoms with van der Waals surface area (Å²) in [5, 5.41) is 12.8. The van der Waals surface area contributed by atoms with Crippen molar-refractivity contribution in [2.24, 2.45) is 5.16 Å². The van der Waals surface area contributed by atoms with E-state index < -0.39 is 5.79 Å². The Balaban J connectivity index is 1.81. The summed E-state index contributed by atoms with van der Waals surface area (Å²) < 4.78 is 11.9. The van der Waals surface area contributed by atoms with E-state index in [1.807, 2.05) is 0 Å². The first-order valence-electron chi connectivity index (χ1n) is 7.36. The quantitative estimate of drug-likeness (QED) is 0.584. The molecule has 2 aliphatic carbocycles. The summed E-state index contributed by atoms with van der Waals surface area (Å²) in [6.45, 7) is 1.38. The molecule has 4 heteroatoms. The molecule has 2 unspecified atom stereocenters. The zero-order chi connectivity index (χ0) is 13.6. The molecule has 1 spiro atoms. The summed E-state index contributed by atoms with van der Waals surface area (Å²) >= 11 is 0. The van der Waals surface area contributed by atoms with Crippen molar-refractivity contribution >= 4 is 5.71 Å². The summed E-state index contributed by atoms with van der Waals surface area (Å²) in [7, 11) is 0. The van der Waals surface area contributed by atoms with E-state index in [-0.39, 0.29) is 0 Å². The molecule has 2 atom stereocenters. The molecule has 0 radical (unpaired) electrons. The Morgan fingerprint density at radius 2 is 1.55 bits per heavy atom. The molecule has 1 aromatic carbocycles. The van der Waals surface area contributed by atoms with Gasteiger partial charge in [0.05, 0.1) is 18.9 Å². The van der Waals surface area contributed by atoms with Gasteiger partial charge in [-0.3, -0.25) is 0 Å². The second-order valence-corrected chi connectivity index (χ2v) is 6.11. The van der Waals surface area contributed by atoms with Gasteiger partial charge in [-0.25, -0.2) is 0 Å². The molecule has 20 heavy (non-hydrogen) atoms. The molecule has 0 aromatic heterocycles. The third-order valence-electron chi connectivity index (χ3n) is 4.91. The zero-order valence-corrected chi connectivity index (χ0v) is 11.4. The summed E-state index contributed by atoms with van der Waals surface area (Å²) in [6, 6.07) is 8.61. The van der Waals surface area contributed by atoms with Gasteiger partial charge in [-0.05, 0) is 35.8 Å². The minimum absolute atomic E-state index is 0.322. The Labute approximate surface area is 118 Å². The molecule has 1 fully saturated rings. The van der Waals surface area contributed by atoms with Crippen LogP contribution in [0.3, 0.4) is 0 Å². The number of rotatable bonds is 0. The first-order valence-corrected chi connectivity index (χ1v) is 7.36. The average Bonchev–Trinajstić information content (AvgIpc) is 2.80. The summed E-state index contributed by atoms with van der Waals surface area (Å²) in [6.07, 6.45) is 3.33. The predicted octanol–water partition coefficient (Wildman–Crippen LogP) is 3.01. The molecule has 4 nitrogen and oxygen atoms in total. The number of oxime groups is 1. The van der Waals surface area contributed by atoms with Crippen LogP contribution >= 0.6 is 0 Å². The van der Waals surface area contributed by atoms with Gasteiger partial charge in [-0.2, -0.15) is 0 Å². The average molecular weight is 273 g/mol. The van der Waals surface area contributed by atoms with Gasteiger partial charge in [0, 0.05) is 12.8 Å². The molecule has 4 rings (SSSR count). The van der Waals surface area contributed by atoms with E-state index in [4.69, 9.17) is 9.47 Å². The van der Waals surface area contributed by atoms with Gasteiger partial charge in [-0.15, -0.1) is 0 Å². The van der Waals surface area contributed by atoms with Gasteiger partial charge < -0.3 is 14.7 Å². The fourth-order valence-electron chi connectivity index (χ4n) is 4.14. The third-order valence-corrected chi connectivity index (χ3v) is 4.91. The Morgan fingerprint density at radius 3 is 2.05 bits per heavy atom. The lowest BCUT2D eigenvalue weighted by Crippen LogP contribution is -2.35. The van der Waals surface area contributed by atoms with E-state index in [0.717, 1.165) is 31.4 Å². The number of hydrogen-bond donors (Lipinski definition) is 1. The van der Waals surface area contributed by atoms with E-state index in [2.05, 4.69) is 29.4 Å². The molecule has 0 saturated carbocycles. The topological polar surface area (TPSA) is 51.1 Å². The van der Waals surface area contributed by atoms with Crippen LogP contribution in [0, 0.1) is 0 Å². The van der Waals surface area contributed by atoms with Crippen molar-refractivity contribution < 1.29 is 14.7 Å². The van der Waals surface area contributed by atoms with E-state index in [1.165, 1.54) is 11.1 Å². The Kier molecular flexibility index (Phi) is 2.82. The van der Waals surface area contributed by atoms with Gasteiger partial charge in [0.15, 0.2) is 5.79 Å². The molecule has 0 amide bonds. The largest absolute Gasteiger partial charge is 0.411 e. The second kappa shape index (κ2) is 4.57. The zero-order valence-electron chi connectivity index (χ0n) is 11.4. The summed E-state index contributed by atoms with van der Waals surface area (Å²) in [5.74, 6) is 0.223. The molecule has 1 N–H and O–H groups in total. The van der Waals surface area contributed by atoms with Gasteiger partial charge >= 0.3 is 0 Å². The van der Waals surface area contributed by atoms with Crippen LogP contribution in [0.4, 0.5) is 0 Å². The highest BCUT2D eigenvalue weighted by Crippen LogP contribution is 2.50. The van der Waals surface area contributed by atoms with Crippen molar-refractivity contribution in [1.29, 1.82) is 0 Å². The molecule has 1 aromatic rings. The molecule has 3 aliphatic rings. The van der Waals surface area contributed by atoms with Crippen LogP contribution in [0.2, 0.25) is 0 Å². The number of ether oxygens (including phenoxy) is 2. The molecular weight excluding hydrogens is 254 g/mol. The van der Waals surface area contributed by atoms with Gasteiger partial charge in [0.2, 0.25) is 0 Å². The van der Waals surface area contributed by atoms with Gasteiger partial charge in [0.1, 0.15) is 0 Å². The number of benzene rings is 1. The van der Waals surface area contributed by atoms with Crippen LogP contribution in [0.25, 0.3) is 0 Å². The maximum absolute atomic E-state index is 9.23. The normalized spacial score (nSPS) is 30.9. The summed E-state index contributed by atoms with van der Waals surface area (Å²) in [4.78, 5) is 0. The van der Waals surface area contributed by atoms with E-state index in [0.29, 0.717) is 25.0 Å². The lowest BCUT2D eigenvalue weighted by molar-refractivity contribution is -0.172. The fraction of sp³-hybridized carbons (Fsp3) is 0.562. The SMILES string of the molecule is ON=C1CC2CC3(CC(C1)c1ccccc12)OCCO3.